The van der Waals surface area contributed by atoms with Gasteiger partial charge >= 0.3 is 0 Å². The molecule has 0 saturated carbocycles. The molecule has 0 aromatic carbocycles. The number of amides is 1. The Morgan fingerprint density at radius 3 is 2.44 bits per heavy atom. The molecular weight excluding hydrogens is 226 g/mol. The number of allylic oxidation sites excluding steroid dienone is 1. The zero-order valence-corrected chi connectivity index (χ0v) is 12.2. The molecule has 1 amide bonds. The molecule has 1 heterocycles. The molecule has 1 N–H and O–H groups in total. The molecular formula is C14H27N3O. The molecule has 1 saturated heterocycles. The first-order valence-electron chi connectivity index (χ1n) is 6.78. The van der Waals surface area contributed by atoms with E-state index >= 15 is 0 Å². The second kappa shape index (κ2) is 7.54. The molecule has 0 atom stereocenters. The predicted octanol–water partition coefficient (Wildman–Crippen LogP) is 1.09. The fourth-order valence-electron chi connectivity index (χ4n) is 2.02. The number of carbonyl (C=O) groups is 1. The summed E-state index contributed by atoms with van der Waals surface area (Å²) in [6.07, 6.45) is 4.55. The Morgan fingerprint density at radius 2 is 1.94 bits per heavy atom. The van der Waals surface area contributed by atoms with Crippen molar-refractivity contribution in [1.29, 1.82) is 0 Å². The van der Waals surface area contributed by atoms with Gasteiger partial charge in [-0.1, -0.05) is 11.6 Å². The lowest BCUT2D eigenvalue weighted by Crippen LogP contribution is -2.45. The first-order valence-corrected chi connectivity index (χ1v) is 6.78. The van der Waals surface area contributed by atoms with Crippen molar-refractivity contribution in [3.05, 3.63) is 11.6 Å². The van der Waals surface area contributed by atoms with E-state index in [9.17, 15) is 4.79 Å². The lowest BCUT2D eigenvalue weighted by atomic mass is 10.0. The highest BCUT2D eigenvalue weighted by Gasteiger charge is 2.18. The van der Waals surface area contributed by atoms with Crippen molar-refractivity contribution < 1.29 is 4.79 Å². The Balaban J connectivity index is 2.19. The molecule has 0 bridgehead atoms. The quantitative estimate of drug-likeness (QED) is 0.745. The highest BCUT2D eigenvalue weighted by molar-refractivity contribution is 5.77. The van der Waals surface area contributed by atoms with E-state index in [4.69, 9.17) is 0 Å². The van der Waals surface area contributed by atoms with Crippen molar-refractivity contribution in [2.45, 2.75) is 32.7 Å². The van der Waals surface area contributed by atoms with Gasteiger partial charge in [0.25, 0.3) is 0 Å². The highest BCUT2D eigenvalue weighted by atomic mass is 16.2. The van der Waals surface area contributed by atoms with E-state index < -0.39 is 0 Å². The number of nitrogens with one attached hydrogen (secondary N) is 1. The van der Waals surface area contributed by atoms with Crippen LogP contribution >= 0.6 is 0 Å². The number of carbonyl (C=O) groups excluding carboxylic acids is 1. The Morgan fingerprint density at radius 1 is 1.33 bits per heavy atom. The highest BCUT2D eigenvalue weighted by Crippen LogP contribution is 2.10. The molecule has 4 nitrogen and oxygen atoms in total. The van der Waals surface area contributed by atoms with Crippen LogP contribution in [0.3, 0.4) is 0 Å². The van der Waals surface area contributed by atoms with E-state index in [2.05, 4.69) is 30.1 Å². The van der Waals surface area contributed by atoms with Gasteiger partial charge in [0.05, 0.1) is 6.54 Å². The van der Waals surface area contributed by atoms with Crippen molar-refractivity contribution in [1.82, 2.24) is 15.1 Å². The maximum absolute atomic E-state index is 11.5. The minimum Gasteiger partial charge on any atom is -0.348 e. The molecule has 1 aliphatic rings. The van der Waals surface area contributed by atoms with E-state index in [-0.39, 0.29) is 5.91 Å². The lowest BCUT2D eigenvalue weighted by molar-refractivity contribution is -0.127. The Bertz CT molecular complexity index is 287. The Kier molecular flexibility index (Phi) is 6.36. The molecule has 0 aromatic heterocycles. The van der Waals surface area contributed by atoms with Gasteiger partial charge in [0, 0.05) is 26.7 Å². The molecule has 1 fully saturated rings. The maximum Gasteiger partial charge on any atom is 0.236 e. The SMILES string of the molecule is CC(C)=CCN1CCC(NCC(=O)N(C)C)CC1. The Labute approximate surface area is 111 Å². The van der Waals surface area contributed by atoms with Crippen molar-refractivity contribution in [3.8, 4) is 0 Å². The van der Waals surface area contributed by atoms with Gasteiger partial charge in [-0.05, 0) is 39.8 Å². The van der Waals surface area contributed by atoms with Crippen molar-refractivity contribution >= 4 is 5.91 Å². The summed E-state index contributed by atoms with van der Waals surface area (Å²) in [5, 5.41) is 3.35. The van der Waals surface area contributed by atoms with Gasteiger partial charge in [-0.25, -0.2) is 0 Å². The van der Waals surface area contributed by atoms with Crippen LogP contribution in [0.2, 0.25) is 0 Å². The second-order valence-corrected chi connectivity index (χ2v) is 5.53. The predicted molar refractivity (Wildman–Crippen MR) is 75.6 cm³/mol. The molecule has 4 heteroatoms. The summed E-state index contributed by atoms with van der Waals surface area (Å²) in [7, 11) is 3.60. The number of hydrogen-bond acceptors (Lipinski definition) is 3. The van der Waals surface area contributed by atoms with Crippen LogP contribution in [0.15, 0.2) is 11.6 Å². The smallest absolute Gasteiger partial charge is 0.236 e. The normalized spacial score (nSPS) is 17.6. The van der Waals surface area contributed by atoms with E-state index in [0.29, 0.717) is 12.6 Å². The summed E-state index contributed by atoms with van der Waals surface area (Å²) in [6.45, 7) is 8.05. The second-order valence-electron chi connectivity index (χ2n) is 5.53. The van der Waals surface area contributed by atoms with Crippen LogP contribution < -0.4 is 5.32 Å². The largest absolute Gasteiger partial charge is 0.348 e. The number of nitrogens with zero attached hydrogens (tertiary/aromatic N) is 2. The number of hydrogen-bond donors (Lipinski definition) is 1. The van der Waals surface area contributed by atoms with E-state index in [1.54, 1.807) is 19.0 Å². The summed E-state index contributed by atoms with van der Waals surface area (Å²) >= 11 is 0. The zero-order chi connectivity index (χ0) is 13.5. The lowest BCUT2D eigenvalue weighted by Gasteiger charge is -2.31. The third-order valence-corrected chi connectivity index (χ3v) is 3.39. The number of rotatable bonds is 5. The first-order chi connectivity index (χ1) is 8.49. The fourth-order valence-corrected chi connectivity index (χ4v) is 2.02. The minimum atomic E-state index is 0.155. The zero-order valence-electron chi connectivity index (χ0n) is 12.2. The summed E-state index contributed by atoms with van der Waals surface area (Å²) in [4.78, 5) is 15.6. The van der Waals surface area contributed by atoms with Crippen LogP contribution in [0.4, 0.5) is 0 Å². The number of likely N-dealkylation sites (N-methyl/N-ethyl adjacent to an activating group) is 1. The first kappa shape index (κ1) is 15.2. The molecule has 0 radical (unpaired) electrons. The molecule has 104 valence electrons. The Hall–Kier alpha value is -0.870. The standard InChI is InChI=1S/C14H27N3O/c1-12(2)5-8-17-9-6-13(7-10-17)15-11-14(18)16(3)4/h5,13,15H,6-11H2,1-4H3. The average Bonchev–Trinajstić information content (AvgIpc) is 2.34. The van der Waals surface area contributed by atoms with E-state index in [1.165, 1.54) is 5.57 Å². The maximum atomic E-state index is 11.5. The van der Waals surface area contributed by atoms with Crippen LogP contribution in [0.1, 0.15) is 26.7 Å². The van der Waals surface area contributed by atoms with Crippen LogP contribution in [0.5, 0.6) is 0 Å². The molecule has 0 spiro atoms. The summed E-state index contributed by atoms with van der Waals surface area (Å²) < 4.78 is 0. The summed E-state index contributed by atoms with van der Waals surface area (Å²) in [5.74, 6) is 0.155. The van der Waals surface area contributed by atoms with Gasteiger partial charge in [-0.3, -0.25) is 9.69 Å². The van der Waals surface area contributed by atoms with E-state index in [0.717, 1.165) is 32.5 Å². The molecule has 1 aliphatic heterocycles. The fraction of sp³-hybridized carbons (Fsp3) is 0.786. The van der Waals surface area contributed by atoms with Crippen LogP contribution in [-0.2, 0) is 4.79 Å². The average molecular weight is 253 g/mol. The molecule has 0 aromatic rings. The van der Waals surface area contributed by atoms with Gasteiger partial charge in [-0.2, -0.15) is 0 Å². The monoisotopic (exact) mass is 253 g/mol. The van der Waals surface area contributed by atoms with Gasteiger partial charge in [-0.15, -0.1) is 0 Å². The third-order valence-electron chi connectivity index (χ3n) is 3.39. The minimum absolute atomic E-state index is 0.155. The summed E-state index contributed by atoms with van der Waals surface area (Å²) in [5.41, 5.74) is 1.38. The molecule has 1 rings (SSSR count). The van der Waals surface area contributed by atoms with E-state index in [1.807, 2.05) is 0 Å². The van der Waals surface area contributed by atoms with Crippen molar-refractivity contribution in [3.63, 3.8) is 0 Å². The van der Waals surface area contributed by atoms with Crippen molar-refractivity contribution in [2.75, 3.05) is 40.3 Å². The summed E-state index contributed by atoms with van der Waals surface area (Å²) in [6, 6.07) is 0.497. The topological polar surface area (TPSA) is 35.6 Å². The van der Waals surface area contributed by atoms with Crippen molar-refractivity contribution in [2.24, 2.45) is 0 Å². The van der Waals surface area contributed by atoms with Gasteiger partial charge in [0.1, 0.15) is 0 Å². The molecule has 0 aliphatic carbocycles. The van der Waals surface area contributed by atoms with Crippen LogP contribution in [0.25, 0.3) is 0 Å². The van der Waals surface area contributed by atoms with Gasteiger partial charge < -0.3 is 10.2 Å². The third kappa shape index (κ3) is 5.65. The van der Waals surface area contributed by atoms with Gasteiger partial charge in [0.2, 0.25) is 5.91 Å². The number of piperidine rings is 1. The van der Waals surface area contributed by atoms with Crippen LogP contribution in [0, 0.1) is 0 Å². The molecule has 18 heavy (non-hydrogen) atoms. The number of likely N-dealkylation sites (tertiary alicyclic amines) is 1. The van der Waals surface area contributed by atoms with Crippen LogP contribution in [-0.4, -0.2) is 62.0 Å². The van der Waals surface area contributed by atoms with Gasteiger partial charge in [0.15, 0.2) is 0 Å². The molecule has 0 unspecified atom stereocenters.